The molecule has 0 bridgehead atoms. The van der Waals surface area contributed by atoms with Gasteiger partial charge in [0.25, 0.3) is 0 Å². The Hall–Kier alpha value is -3.13. The molecule has 0 saturated heterocycles. The number of fused-ring (bicyclic) bond motifs is 1. The molecule has 0 unspecified atom stereocenters. The van der Waals surface area contributed by atoms with Crippen LogP contribution < -0.4 is 14.4 Å². The molecule has 0 amide bonds. The Kier molecular flexibility index (Phi) is 4.64. The molecular weight excluding hydrogens is 378 g/mol. The zero-order valence-corrected chi connectivity index (χ0v) is 16.3. The molecule has 28 heavy (non-hydrogen) atoms. The van der Waals surface area contributed by atoms with E-state index in [0.717, 1.165) is 23.4 Å². The van der Waals surface area contributed by atoms with Crippen LogP contribution in [0.1, 0.15) is 5.56 Å². The number of aryl methyl sites for hydroxylation is 1. The maximum atomic E-state index is 11.8. The number of hydrogen-bond donors (Lipinski definition) is 0. The molecule has 0 N–H and O–H groups in total. The van der Waals surface area contributed by atoms with E-state index in [1.54, 1.807) is 31.6 Å². The minimum Gasteiger partial charge on any atom is -0.490 e. The van der Waals surface area contributed by atoms with E-state index in [-0.39, 0.29) is 5.03 Å². The van der Waals surface area contributed by atoms with Crippen molar-refractivity contribution in [3.05, 3.63) is 60.6 Å². The summed E-state index contributed by atoms with van der Waals surface area (Å²) in [5.74, 6) is 2.02. The van der Waals surface area contributed by atoms with Gasteiger partial charge in [-0.3, -0.25) is 4.98 Å². The van der Waals surface area contributed by atoms with E-state index in [1.807, 2.05) is 35.2 Å². The Morgan fingerprint density at radius 3 is 2.71 bits per heavy atom. The van der Waals surface area contributed by atoms with E-state index in [0.29, 0.717) is 30.2 Å². The van der Waals surface area contributed by atoms with Crippen LogP contribution in [0.4, 0.5) is 11.4 Å². The molecule has 3 aromatic rings. The van der Waals surface area contributed by atoms with Gasteiger partial charge in [-0.2, -0.15) is 0 Å². The lowest BCUT2D eigenvalue weighted by molar-refractivity contribution is 0.313. The largest absolute Gasteiger partial charge is 0.490 e. The van der Waals surface area contributed by atoms with Crippen molar-refractivity contribution >= 4 is 21.2 Å². The molecule has 8 heteroatoms. The van der Waals surface area contributed by atoms with E-state index in [1.165, 1.54) is 0 Å². The van der Waals surface area contributed by atoms with Crippen LogP contribution in [0, 0.1) is 6.92 Å². The Balaban J connectivity index is 1.70. The third-order valence-electron chi connectivity index (χ3n) is 4.34. The number of pyridine rings is 2. The van der Waals surface area contributed by atoms with E-state index in [4.69, 9.17) is 9.47 Å². The number of nitrogens with zero attached hydrogens (tertiary/aromatic N) is 3. The molecule has 3 heterocycles. The second-order valence-electron chi connectivity index (χ2n) is 6.51. The first kappa shape index (κ1) is 18.2. The van der Waals surface area contributed by atoms with Crippen molar-refractivity contribution in [2.45, 2.75) is 11.9 Å². The lowest BCUT2D eigenvalue weighted by atomic mass is 10.2. The summed E-state index contributed by atoms with van der Waals surface area (Å²) in [4.78, 5) is 10.3. The molecule has 2 aromatic heterocycles. The maximum absolute atomic E-state index is 11.8. The topological polar surface area (TPSA) is 81.6 Å². The summed E-state index contributed by atoms with van der Waals surface area (Å²) in [5, 5.41) is 0.0957. The quantitative estimate of drug-likeness (QED) is 0.666. The van der Waals surface area contributed by atoms with Crippen LogP contribution in [0.25, 0.3) is 0 Å². The van der Waals surface area contributed by atoms with Gasteiger partial charge in [-0.1, -0.05) is 0 Å². The second-order valence-corrected chi connectivity index (χ2v) is 8.44. The van der Waals surface area contributed by atoms with Crippen molar-refractivity contribution in [3.8, 4) is 17.2 Å². The van der Waals surface area contributed by atoms with Gasteiger partial charge in [0.2, 0.25) is 0 Å². The van der Waals surface area contributed by atoms with Crippen LogP contribution in [0.2, 0.25) is 0 Å². The van der Waals surface area contributed by atoms with E-state index >= 15 is 0 Å². The van der Waals surface area contributed by atoms with Gasteiger partial charge in [0.05, 0.1) is 30.3 Å². The fraction of sp³-hybridized carbons (Fsp3) is 0.200. The Morgan fingerprint density at radius 2 is 2.00 bits per heavy atom. The Bertz CT molecular complexity index is 1120. The van der Waals surface area contributed by atoms with Gasteiger partial charge < -0.3 is 14.4 Å². The lowest BCUT2D eigenvalue weighted by Crippen LogP contribution is -2.28. The zero-order valence-electron chi connectivity index (χ0n) is 15.5. The molecule has 0 spiro atoms. The molecule has 7 nitrogen and oxygen atoms in total. The predicted octanol–water partition coefficient (Wildman–Crippen LogP) is 3.51. The highest BCUT2D eigenvalue weighted by molar-refractivity contribution is 7.90. The second kappa shape index (κ2) is 7.12. The van der Waals surface area contributed by atoms with Gasteiger partial charge in [-0.15, -0.1) is 0 Å². The molecule has 0 saturated carbocycles. The first-order valence-electron chi connectivity index (χ1n) is 8.71. The lowest BCUT2D eigenvalue weighted by Gasteiger charge is -2.31. The summed E-state index contributed by atoms with van der Waals surface area (Å²) in [6.07, 6.45) is 6.07. The summed E-state index contributed by atoms with van der Waals surface area (Å²) in [5.41, 5.74) is 2.24. The first-order chi connectivity index (χ1) is 13.4. The monoisotopic (exact) mass is 397 g/mol. The van der Waals surface area contributed by atoms with Crippen LogP contribution in [-0.2, 0) is 9.84 Å². The minimum atomic E-state index is -3.36. The van der Waals surface area contributed by atoms with Crippen LogP contribution in [0.3, 0.4) is 0 Å². The van der Waals surface area contributed by atoms with Crippen LogP contribution in [0.5, 0.6) is 17.2 Å². The molecule has 1 aliphatic heterocycles. The van der Waals surface area contributed by atoms with Gasteiger partial charge >= 0.3 is 0 Å². The molecule has 144 valence electrons. The Morgan fingerprint density at radius 1 is 1.14 bits per heavy atom. The highest BCUT2D eigenvalue weighted by atomic mass is 32.2. The molecule has 4 rings (SSSR count). The van der Waals surface area contributed by atoms with Crippen molar-refractivity contribution < 1.29 is 17.9 Å². The third-order valence-corrected chi connectivity index (χ3v) is 5.47. The average Bonchev–Trinajstić information content (AvgIpc) is 2.67. The summed E-state index contributed by atoms with van der Waals surface area (Å²) in [6, 6.07) is 11.1. The summed E-state index contributed by atoms with van der Waals surface area (Å²) in [6.45, 7) is 2.88. The van der Waals surface area contributed by atoms with E-state index in [9.17, 15) is 8.42 Å². The molecule has 1 aromatic carbocycles. The fourth-order valence-electron chi connectivity index (χ4n) is 3.16. The SMILES string of the molecule is Cc1cc(N2CCOc3ccc(Oc4cccnc4)cc32)cnc1S(C)(=O)=O. The number of hydrogen-bond acceptors (Lipinski definition) is 7. The molecule has 0 atom stereocenters. The summed E-state index contributed by atoms with van der Waals surface area (Å²) < 4.78 is 35.3. The maximum Gasteiger partial charge on any atom is 0.193 e. The molecule has 0 fully saturated rings. The van der Waals surface area contributed by atoms with E-state index < -0.39 is 9.84 Å². The number of rotatable bonds is 4. The highest BCUT2D eigenvalue weighted by Crippen LogP contribution is 2.40. The number of sulfone groups is 1. The standard InChI is InChI=1S/C20H19N3O4S/c1-14-10-15(12-22-20(14)28(2,24)25)23-8-9-26-19-6-5-16(11-18(19)23)27-17-4-3-7-21-13-17/h3-7,10-13H,8-9H2,1-2H3. The predicted molar refractivity (Wildman–Crippen MR) is 105 cm³/mol. The highest BCUT2D eigenvalue weighted by Gasteiger charge is 2.22. The van der Waals surface area contributed by atoms with Gasteiger partial charge in [-0.05, 0) is 42.8 Å². The van der Waals surface area contributed by atoms with Gasteiger partial charge in [0, 0.05) is 18.5 Å². The molecular formula is C20H19N3O4S. The normalized spacial score (nSPS) is 13.6. The molecule has 1 aliphatic rings. The van der Waals surface area contributed by atoms with Gasteiger partial charge in [0.1, 0.15) is 23.9 Å². The summed E-state index contributed by atoms with van der Waals surface area (Å²) >= 11 is 0. The van der Waals surface area contributed by atoms with Crippen molar-refractivity contribution in [3.63, 3.8) is 0 Å². The number of benzene rings is 1. The van der Waals surface area contributed by atoms with Crippen LogP contribution in [-0.4, -0.2) is 37.8 Å². The fourth-order valence-corrected chi connectivity index (χ4v) is 4.04. The van der Waals surface area contributed by atoms with Crippen molar-refractivity contribution in [2.75, 3.05) is 24.3 Å². The summed E-state index contributed by atoms with van der Waals surface area (Å²) in [7, 11) is -3.36. The van der Waals surface area contributed by atoms with Gasteiger partial charge in [0.15, 0.2) is 14.9 Å². The van der Waals surface area contributed by atoms with Crippen LogP contribution >= 0.6 is 0 Å². The Labute approximate surface area is 163 Å². The average molecular weight is 397 g/mol. The minimum absolute atomic E-state index is 0.0957. The van der Waals surface area contributed by atoms with Crippen LogP contribution in [0.15, 0.2) is 60.0 Å². The van der Waals surface area contributed by atoms with E-state index in [2.05, 4.69) is 9.97 Å². The molecule has 0 radical (unpaired) electrons. The van der Waals surface area contributed by atoms with Crippen molar-refractivity contribution in [1.82, 2.24) is 9.97 Å². The van der Waals surface area contributed by atoms with Crippen molar-refractivity contribution in [1.29, 1.82) is 0 Å². The zero-order chi connectivity index (χ0) is 19.7. The number of anilines is 2. The number of aromatic nitrogens is 2. The smallest absolute Gasteiger partial charge is 0.193 e. The third kappa shape index (κ3) is 3.63. The molecule has 0 aliphatic carbocycles. The van der Waals surface area contributed by atoms with Gasteiger partial charge in [-0.25, -0.2) is 13.4 Å². The first-order valence-corrected chi connectivity index (χ1v) is 10.6. The van der Waals surface area contributed by atoms with Crippen molar-refractivity contribution in [2.24, 2.45) is 0 Å². The number of ether oxygens (including phenoxy) is 2.